The third-order valence-corrected chi connectivity index (χ3v) is 5.09. The van der Waals surface area contributed by atoms with Crippen molar-refractivity contribution in [2.45, 2.75) is 6.61 Å². The van der Waals surface area contributed by atoms with Crippen LogP contribution >= 0.6 is 31.9 Å². The van der Waals surface area contributed by atoms with Crippen molar-refractivity contribution in [3.05, 3.63) is 97.9 Å². The molecule has 0 N–H and O–H groups in total. The van der Waals surface area contributed by atoms with Gasteiger partial charge in [-0.2, -0.15) is 5.26 Å². The first-order valence-corrected chi connectivity index (χ1v) is 9.79. The van der Waals surface area contributed by atoms with Crippen LogP contribution in [0.2, 0.25) is 0 Å². The van der Waals surface area contributed by atoms with Gasteiger partial charge in [0.1, 0.15) is 24.0 Å². The van der Waals surface area contributed by atoms with E-state index in [9.17, 15) is 14.0 Å². The molecule has 0 bridgehead atoms. The summed E-state index contributed by atoms with van der Waals surface area (Å²) in [7, 11) is 0. The molecule has 3 aromatic carbocycles. The zero-order valence-corrected chi connectivity index (χ0v) is 17.6. The Kier molecular flexibility index (Phi) is 6.61. The number of allylic oxidation sites excluding steroid dienone is 1. The molecular formula is C22H13Br2F2NO. The van der Waals surface area contributed by atoms with E-state index in [1.165, 1.54) is 18.2 Å². The predicted octanol–water partition coefficient (Wildman–Crippen LogP) is 7.13. The molecule has 0 aliphatic rings. The van der Waals surface area contributed by atoms with Crippen molar-refractivity contribution in [2.24, 2.45) is 0 Å². The van der Waals surface area contributed by atoms with E-state index >= 15 is 0 Å². The topological polar surface area (TPSA) is 33.0 Å². The molecule has 0 aliphatic carbocycles. The van der Waals surface area contributed by atoms with E-state index in [1.807, 2.05) is 6.07 Å². The molecule has 28 heavy (non-hydrogen) atoms. The number of nitrogens with zero attached hydrogens (tertiary/aromatic N) is 1. The molecule has 0 unspecified atom stereocenters. The number of rotatable bonds is 5. The summed E-state index contributed by atoms with van der Waals surface area (Å²) < 4.78 is 34.1. The lowest BCUT2D eigenvalue weighted by Crippen LogP contribution is -1.97. The zero-order valence-electron chi connectivity index (χ0n) is 14.4. The highest BCUT2D eigenvalue weighted by Gasteiger charge is 2.11. The Morgan fingerprint density at radius 2 is 1.64 bits per heavy atom. The largest absolute Gasteiger partial charge is 0.487 e. The van der Waals surface area contributed by atoms with Gasteiger partial charge in [0.05, 0.1) is 20.6 Å². The second kappa shape index (κ2) is 9.13. The lowest BCUT2D eigenvalue weighted by molar-refractivity contribution is 0.302. The van der Waals surface area contributed by atoms with Crippen LogP contribution in [0.3, 0.4) is 0 Å². The van der Waals surface area contributed by atoms with E-state index in [2.05, 4.69) is 31.9 Å². The van der Waals surface area contributed by atoms with E-state index in [0.29, 0.717) is 20.3 Å². The fourth-order valence-electron chi connectivity index (χ4n) is 2.55. The first kappa shape index (κ1) is 20.2. The van der Waals surface area contributed by atoms with Gasteiger partial charge in [0, 0.05) is 5.56 Å². The Labute approximate surface area is 178 Å². The van der Waals surface area contributed by atoms with Gasteiger partial charge < -0.3 is 4.74 Å². The minimum Gasteiger partial charge on any atom is -0.487 e. The van der Waals surface area contributed by atoms with Gasteiger partial charge in [-0.1, -0.05) is 30.3 Å². The summed E-state index contributed by atoms with van der Waals surface area (Å²) in [6.07, 6.45) is 1.61. The number of hydrogen-bond donors (Lipinski definition) is 0. The van der Waals surface area contributed by atoms with Gasteiger partial charge in [0.2, 0.25) is 0 Å². The third kappa shape index (κ3) is 4.86. The van der Waals surface area contributed by atoms with E-state index in [-0.39, 0.29) is 23.6 Å². The maximum absolute atomic E-state index is 14.0. The third-order valence-electron chi connectivity index (χ3n) is 3.91. The molecule has 0 spiro atoms. The van der Waals surface area contributed by atoms with Crippen molar-refractivity contribution in [2.75, 3.05) is 0 Å². The summed E-state index contributed by atoms with van der Waals surface area (Å²) in [6, 6.07) is 17.8. The minimum absolute atomic E-state index is 0.219. The predicted molar refractivity (Wildman–Crippen MR) is 112 cm³/mol. The van der Waals surface area contributed by atoms with E-state index in [4.69, 9.17) is 4.74 Å². The van der Waals surface area contributed by atoms with Crippen molar-refractivity contribution in [3.8, 4) is 11.8 Å². The van der Waals surface area contributed by atoms with Crippen molar-refractivity contribution >= 4 is 43.5 Å². The molecule has 0 heterocycles. The van der Waals surface area contributed by atoms with Crippen LogP contribution in [0.1, 0.15) is 16.7 Å². The standard InChI is InChI=1S/C22H13Br2F2NO/c23-19-10-15(9-16(12-27)18-3-1-2-4-21(18)26)11-20(24)22(19)28-13-14-5-7-17(25)8-6-14/h1-11H,13H2/b16-9-. The van der Waals surface area contributed by atoms with Crippen LogP contribution in [-0.2, 0) is 6.61 Å². The minimum atomic E-state index is -0.451. The molecule has 3 rings (SSSR count). The van der Waals surface area contributed by atoms with Crippen molar-refractivity contribution < 1.29 is 13.5 Å². The van der Waals surface area contributed by atoms with Crippen molar-refractivity contribution in [3.63, 3.8) is 0 Å². The van der Waals surface area contributed by atoms with Gasteiger partial charge in [0.25, 0.3) is 0 Å². The Balaban J connectivity index is 1.86. The molecule has 0 radical (unpaired) electrons. The number of halogens is 4. The lowest BCUT2D eigenvalue weighted by Gasteiger charge is -2.12. The molecule has 0 aromatic heterocycles. The number of hydrogen-bond acceptors (Lipinski definition) is 2. The van der Waals surface area contributed by atoms with Crippen LogP contribution in [0.5, 0.6) is 5.75 Å². The van der Waals surface area contributed by atoms with Gasteiger partial charge >= 0.3 is 0 Å². The molecule has 0 amide bonds. The molecule has 0 atom stereocenters. The SMILES string of the molecule is N#C/C(=C/c1cc(Br)c(OCc2ccc(F)cc2)c(Br)c1)c1ccccc1F. The van der Waals surface area contributed by atoms with Crippen LogP contribution in [-0.4, -0.2) is 0 Å². The highest BCUT2D eigenvalue weighted by Crippen LogP contribution is 2.36. The first-order chi connectivity index (χ1) is 13.5. The average molecular weight is 505 g/mol. The molecule has 0 aliphatic heterocycles. The number of nitriles is 1. The van der Waals surface area contributed by atoms with E-state index < -0.39 is 5.82 Å². The number of ether oxygens (including phenoxy) is 1. The second-order valence-electron chi connectivity index (χ2n) is 5.88. The molecule has 140 valence electrons. The fourth-order valence-corrected chi connectivity index (χ4v) is 4.00. The maximum Gasteiger partial charge on any atom is 0.148 e. The highest BCUT2D eigenvalue weighted by atomic mass is 79.9. The highest BCUT2D eigenvalue weighted by molar-refractivity contribution is 9.11. The van der Waals surface area contributed by atoms with Gasteiger partial charge in [-0.3, -0.25) is 0 Å². The summed E-state index contributed by atoms with van der Waals surface area (Å²) in [5.74, 6) is -0.177. The van der Waals surface area contributed by atoms with Crippen LogP contribution in [0.25, 0.3) is 11.6 Å². The molecule has 0 fully saturated rings. The molecule has 0 saturated heterocycles. The molecular weight excluding hydrogens is 492 g/mol. The fraction of sp³-hybridized carbons (Fsp3) is 0.0455. The van der Waals surface area contributed by atoms with Crippen LogP contribution in [0.4, 0.5) is 8.78 Å². The molecule has 3 aromatic rings. The maximum atomic E-state index is 14.0. The summed E-state index contributed by atoms with van der Waals surface area (Å²) >= 11 is 6.93. The Bertz CT molecular complexity index is 1050. The van der Waals surface area contributed by atoms with Gasteiger partial charge in [-0.25, -0.2) is 8.78 Å². The van der Waals surface area contributed by atoms with E-state index in [0.717, 1.165) is 5.56 Å². The van der Waals surface area contributed by atoms with Crippen LogP contribution < -0.4 is 4.74 Å². The summed E-state index contributed by atoms with van der Waals surface area (Å²) in [6.45, 7) is 0.269. The van der Waals surface area contributed by atoms with Crippen molar-refractivity contribution in [1.82, 2.24) is 0 Å². The first-order valence-electron chi connectivity index (χ1n) is 8.21. The smallest absolute Gasteiger partial charge is 0.148 e. The van der Waals surface area contributed by atoms with Crippen LogP contribution in [0.15, 0.2) is 69.6 Å². The Morgan fingerprint density at radius 3 is 2.25 bits per heavy atom. The zero-order chi connectivity index (χ0) is 20.1. The van der Waals surface area contributed by atoms with E-state index in [1.54, 1.807) is 48.5 Å². The summed E-state index contributed by atoms with van der Waals surface area (Å²) in [5, 5.41) is 9.43. The van der Waals surface area contributed by atoms with Gasteiger partial charge in [0.15, 0.2) is 0 Å². The molecule has 6 heteroatoms. The van der Waals surface area contributed by atoms with Gasteiger partial charge in [-0.05, 0) is 79.4 Å². The molecule has 0 saturated carbocycles. The Hall–Kier alpha value is -2.49. The normalized spacial score (nSPS) is 11.2. The van der Waals surface area contributed by atoms with Gasteiger partial charge in [-0.15, -0.1) is 0 Å². The summed E-state index contributed by atoms with van der Waals surface area (Å²) in [4.78, 5) is 0. The quantitative estimate of drug-likeness (QED) is 0.273. The second-order valence-corrected chi connectivity index (χ2v) is 7.59. The summed E-state index contributed by atoms with van der Waals surface area (Å²) in [5.41, 5.74) is 1.99. The monoisotopic (exact) mass is 503 g/mol. The lowest BCUT2D eigenvalue weighted by atomic mass is 10.0. The average Bonchev–Trinajstić information content (AvgIpc) is 2.67. The Morgan fingerprint density at radius 1 is 1.00 bits per heavy atom. The number of benzene rings is 3. The van der Waals surface area contributed by atoms with Crippen molar-refractivity contribution in [1.29, 1.82) is 5.26 Å². The van der Waals surface area contributed by atoms with Crippen LogP contribution in [0, 0.1) is 23.0 Å². The molecule has 2 nitrogen and oxygen atoms in total.